The highest BCUT2D eigenvalue weighted by Crippen LogP contribution is 2.22. The van der Waals surface area contributed by atoms with E-state index in [-0.39, 0.29) is 5.75 Å². The van der Waals surface area contributed by atoms with Crippen molar-refractivity contribution in [1.29, 1.82) is 0 Å². The zero-order chi connectivity index (χ0) is 10.8. The Bertz CT molecular complexity index is 495. The molecule has 1 heterocycles. The summed E-state index contributed by atoms with van der Waals surface area (Å²) in [6.45, 7) is 1.77. The van der Waals surface area contributed by atoms with Gasteiger partial charge in [-0.1, -0.05) is 12.1 Å². The first-order valence-electron chi connectivity index (χ1n) is 4.69. The van der Waals surface area contributed by atoms with Gasteiger partial charge in [0, 0.05) is 11.3 Å². The maximum Gasteiger partial charge on any atom is 0.136 e. The van der Waals surface area contributed by atoms with E-state index in [4.69, 9.17) is 5.73 Å². The van der Waals surface area contributed by atoms with Crippen molar-refractivity contribution in [3.05, 3.63) is 42.1 Å². The van der Waals surface area contributed by atoms with E-state index in [2.05, 4.69) is 4.98 Å². The summed E-state index contributed by atoms with van der Waals surface area (Å²) in [5.41, 5.74) is 8.79. The lowest BCUT2D eigenvalue weighted by molar-refractivity contribution is 0.468. The van der Waals surface area contributed by atoms with Crippen molar-refractivity contribution in [2.24, 2.45) is 0 Å². The molecule has 3 heteroatoms. The molecule has 76 valence electrons. The van der Waals surface area contributed by atoms with Crippen molar-refractivity contribution in [3.63, 3.8) is 0 Å². The number of rotatable bonds is 1. The molecule has 0 aliphatic carbocycles. The standard InChI is InChI=1S/C12H12N2O/c1-8-12(15)6-5-11(14-8)9-3-2-4-10(13)7-9/h2-7,15H,13H2,1H3. The summed E-state index contributed by atoms with van der Waals surface area (Å²) in [6, 6.07) is 10.9. The molecule has 3 N–H and O–H groups in total. The number of nitrogens with zero attached hydrogens (tertiary/aromatic N) is 1. The van der Waals surface area contributed by atoms with Crippen LogP contribution in [0.3, 0.4) is 0 Å². The van der Waals surface area contributed by atoms with Gasteiger partial charge in [0.1, 0.15) is 5.75 Å². The number of hydrogen-bond acceptors (Lipinski definition) is 3. The van der Waals surface area contributed by atoms with Gasteiger partial charge in [-0.25, -0.2) is 4.98 Å². The van der Waals surface area contributed by atoms with Gasteiger partial charge in [0.25, 0.3) is 0 Å². The second kappa shape index (κ2) is 3.61. The lowest BCUT2D eigenvalue weighted by atomic mass is 10.1. The summed E-state index contributed by atoms with van der Waals surface area (Å²) >= 11 is 0. The molecule has 0 unspecified atom stereocenters. The second-order valence-electron chi connectivity index (χ2n) is 3.43. The van der Waals surface area contributed by atoms with Crippen LogP contribution >= 0.6 is 0 Å². The average Bonchev–Trinajstić information content (AvgIpc) is 2.22. The van der Waals surface area contributed by atoms with E-state index in [1.165, 1.54) is 0 Å². The lowest BCUT2D eigenvalue weighted by Gasteiger charge is -2.04. The van der Waals surface area contributed by atoms with Crippen molar-refractivity contribution < 1.29 is 5.11 Å². The number of benzene rings is 1. The van der Waals surface area contributed by atoms with E-state index < -0.39 is 0 Å². The van der Waals surface area contributed by atoms with Crippen molar-refractivity contribution >= 4 is 5.69 Å². The first kappa shape index (κ1) is 9.52. The number of nitrogens with two attached hydrogens (primary N) is 1. The topological polar surface area (TPSA) is 59.1 Å². The molecule has 0 bridgehead atoms. The first-order chi connectivity index (χ1) is 7.16. The molecule has 15 heavy (non-hydrogen) atoms. The quantitative estimate of drug-likeness (QED) is 0.694. The first-order valence-corrected chi connectivity index (χ1v) is 4.69. The van der Waals surface area contributed by atoms with Gasteiger partial charge in [0.15, 0.2) is 0 Å². The Morgan fingerprint density at radius 3 is 2.67 bits per heavy atom. The number of nitrogen functional groups attached to an aromatic ring is 1. The van der Waals surface area contributed by atoms with E-state index in [0.29, 0.717) is 11.4 Å². The highest BCUT2D eigenvalue weighted by molar-refractivity contribution is 5.64. The molecule has 0 radical (unpaired) electrons. The van der Waals surface area contributed by atoms with Crippen LogP contribution in [0.1, 0.15) is 5.69 Å². The van der Waals surface area contributed by atoms with Gasteiger partial charge < -0.3 is 10.8 Å². The number of hydrogen-bond donors (Lipinski definition) is 2. The Balaban J connectivity index is 2.50. The zero-order valence-corrected chi connectivity index (χ0v) is 8.44. The van der Waals surface area contributed by atoms with Gasteiger partial charge in [-0.05, 0) is 31.2 Å². The largest absolute Gasteiger partial charge is 0.506 e. The third kappa shape index (κ3) is 1.91. The fourth-order valence-corrected chi connectivity index (χ4v) is 1.41. The molecule has 0 aliphatic heterocycles. The minimum absolute atomic E-state index is 0.211. The molecule has 1 aromatic heterocycles. The van der Waals surface area contributed by atoms with Crippen molar-refractivity contribution in [2.75, 3.05) is 5.73 Å². The molecule has 1 aromatic carbocycles. The van der Waals surface area contributed by atoms with Crippen LogP contribution < -0.4 is 5.73 Å². The van der Waals surface area contributed by atoms with Crippen LogP contribution in [0.2, 0.25) is 0 Å². The van der Waals surface area contributed by atoms with Gasteiger partial charge in [-0.2, -0.15) is 0 Å². The normalized spacial score (nSPS) is 10.2. The van der Waals surface area contributed by atoms with Gasteiger partial charge in [-0.3, -0.25) is 0 Å². The van der Waals surface area contributed by atoms with Crippen LogP contribution in [-0.2, 0) is 0 Å². The average molecular weight is 200 g/mol. The van der Waals surface area contributed by atoms with Crippen LogP contribution in [0.4, 0.5) is 5.69 Å². The molecule has 0 amide bonds. The summed E-state index contributed by atoms with van der Waals surface area (Å²) in [6.07, 6.45) is 0. The maximum atomic E-state index is 9.36. The minimum Gasteiger partial charge on any atom is -0.506 e. The zero-order valence-electron chi connectivity index (χ0n) is 8.44. The predicted octanol–water partition coefficient (Wildman–Crippen LogP) is 2.34. The van der Waals surface area contributed by atoms with E-state index in [1.807, 2.05) is 24.3 Å². The lowest BCUT2D eigenvalue weighted by Crippen LogP contribution is -1.89. The summed E-state index contributed by atoms with van der Waals surface area (Å²) in [7, 11) is 0. The second-order valence-corrected chi connectivity index (χ2v) is 3.43. The van der Waals surface area contributed by atoms with Crippen LogP contribution in [0, 0.1) is 6.92 Å². The van der Waals surface area contributed by atoms with Gasteiger partial charge in [-0.15, -0.1) is 0 Å². The molecule has 3 nitrogen and oxygen atoms in total. The number of aryl methyl sites for hydroxylation is 1. The van der Waals surface area contributed by atoms with Gasteiger partial charge >= 0.3 is 0 Å². The smallest absolute Gasteiger partial charge is 0.136 e. The Morgan fingerprint density at radius 2 is 2.00 bits per heavy atom. The fourth-order valence-electron chi connectivity index (χ4n) is 1.41. The van der Waals surface area contributed by atoms with Crippen LogP contribution in [0.25, 0.3) is 11.3 Å². The molecule has 0 spiro atoms. The molecule has 0 fully saturated rings. The summed E-state index contributed by atoms with van der Waals surface area (Å²) < 4.78 is 0. The molecule has 0 saturated heterocycles. The molecule has 2 aromatic rings. The van der Waals surface area contributed by atoms with Crippen molar-refractivity contribution in [3.8, 4) is 17.0 Å². The number of aromatic nitrogens is 1. The monoisotopic (exact) mass is 200 g/mol. The van der Waals surface area contributed by atoms with Crippen LogP contribution in [0.5, 0.6) is 5.75 Å². The highest BCUT2D eigenvalue weighted by Gasteiger charge is 2.02. The number of anilines is 1. The SMILES string of the molecule is Cc1nc(-c2cccc(N)c2)ccc1O. The van der Waals surface area contributed by atoms with Gasteiger partial charge in [0.05, 0.1) is 11.4 Å². The Labute approximate surface area is 88.2 Å². The van der Waals surface area contributed by atoms with E-state index >= 15 is 0 Å². The van der Waals surface area contributed by atoms with Gasteiger partial charge in [0.2, 0.25) is 0 Å². The molecule has 0 aliphatic rings. The van der Waals surface area contributed by atoms with E-state index in [9.17, 15) is 5.11 Å². The van der Waals surface area contributed by atoms with E-state index in [1.54, 1.807) is 19.1 Å². The highest BCUT2D eigenvalue weighted by atomic mass is 16.3. The third-order valence-corrected chi connectivity index (χ3v) is 2.24. The van der Waals surface area contributed by atoms with E-state index in [0.717, 1.165) is 11.3 Å². The summed E-state index contributed by atoms with van der Waals surface area (Å²) in [5, 5.41) is 9.36. The molecular formula is C12H12N2O. The minimum atomic E-state index is 0.211. The van der Waals surface area contributed by atoms with Crippen molar-refractivity contribution in [2.45, 2.75) is 6.92 Å². The predicted molar refractivity (Wildman–Crippen MR) is 60.5 cm³/mol. The third-order valence-electron chi connectivity index (χ3n) is 2.24. The molecule has 2 rings (SSSR count). The van der Waals surface area contributed by atoms with Crippen LogP contribution in [-0.4, -0.2) is 10.1 Å². The fraction of sp³-hybridized carbons (Fsp3) is 0.0833. The Morgan fingerprint density at radius 1 is 1.20 bits per heavy atom. The summed E-state index contributed by atoms with van der Waals surface area (Å²) in [4.78, 5) is 4.28. The Hall–Kier alpha value is -2.03. The molecular weight excluding hydrogens is 188 g/mol. The summed E-state index contributed by atoms with van der Waals surface area (Å²) in [5.74, 6) is 0.211. The van der Waals surface area contributed by atoms with Crippen LogP contribution in [0.15, 0.2) is 36.4 Å². The molecule has 0 atom stereocenters. The van der Waals surface area contributed by atoms with Crippen molar-refractivity contribution in [1.82, 2.24) is 4.98 Å². The number of aromatic hydroxyl groups is 1. The number of pyridine rings is 1. The maximum absolute atomic E-state index is 9.36. The molecule has 0 saturated carbocycles. The Kier molecular flexibility index (Phi) is 2.29.